The molecule has 0 unspecified atom stereocenters. The first kappa shape index (κ1) is 12.7. The minimum Gasteiger partial charge on any atom is -0.497 e. The zero-order chi connectivity index (χ0) is 12.8. The topological polar surface area (TPSA) is 25.6 Å². The summed E-state index contributed by atoms with van der Waals surface area (Å²) in [5.41, 5.74) is 1.28. The van der Waals surface area contributed by atoms with Gasteiger partial charge in [0.15, 0.2) is 0 Å². The molecule has 0 saturated heterocycles. The van der Waals surface area contributed by atoms with Crippen molar-refractivity contribution < 1.29 is 9.15 Å². The molecule has 0 spiro atoms. The van der Waals surface area contributed by atoms with Crippen molar-refractivity contribution in [2.75, 3.05) is 13.7 Å². The van der Waals surface area contributed by atoms with Crippen LogP contribution in [-0.2, 0) is 13.1 Å². The first-order valence-corrected chi connectivity index (χ1v) is 6.19. The summed E-state index contributed by atoms with van der Waals surface area (Å²) in [6.07, 6.45) is 1.72. The van der Waals surface area contributed by atoms with Crippen LogP contribution in [0.1, 0.15) is 18.2 Å². The van der Waals surface area contributed by atoms with Gasteiger partial charge in [0.25, 0.3) is 0 Å². The smallest absolute Gasteiger partial charge is 0.118 e. The highest BCUT2D eigenvalue weighted by molar-refractivity contribution is 5.27. The van der Waals surface area contributed by atoms with Gasteiger partial charge in [-0.3, -0.25) is 4.90 Å². The van der Waals surface area contributed by atoms with Gasteiger partial charge in [0, 0.05) is 6.54 Å². The zero-order valence-electron chi connectivity index (χ0n) is 10.9. The summed E-state index contributed by atoms with van der Waals surface area (Å²) in [5.74, 6) is 1.90. The fourth-order valence-corrected chi connectivity index (χ4v) is 1.89. The number of hydrogen-bond acceptors (Lipinski definition) is 3. The van der Waals surface area contributed by atoms with Crippen LogP contribution in [0.15, 0.2) is 47.1 Å². The van der Waals surface area contributed by atoms with Crippen molar-refractivity contribution in [1.82, 2.24) is 4.90 Å². The van der Waals surface area contributed by atoms with Crippen molar-refractivity contribution in [3.8, 4) is 5.75 Å². The van der Waals surface area contributed by atoms with Gasteiger partial charge in [0.2, 0.25) is 0 Å². The lowest BCUT2D eigenvalue weighted by Gasteiger charge is -2.19. The summed E-state index contributed by atoms with van der Waals surface area (Å²) < 4.78 is 10.5. The monoisotopic (exact) mass is 245 g/mol. The summed E-state index contributed by atoms with van der Waals surface area (Å²) >= 11 is 0. The highest BCUT2D eigenvalue weighted by Gasteiger charge is 2.06. The molecule has 1 aromatic heterocycles. The average molecular weight is 245 g/mol. The van der Waals surface area contributed by atoms with Gasteiger partial charge in [-0.05, 0) is 36.4 Å². The second kappa shape index (κ2) is 6.26. The number of ether oxygens (including phenoxy) is 1. The number of hydrogen-bond donors (Lipinski definition) is 0. The molecule has 0 aliphatic rings. The van der Waals surface area contributed by atoms with Gasteiger partial charge in [0.1, 0.15) is 11.5 Å². The Morgan fingerprint density at radius 3 is 2.44 bits per heavy atom. The standard InChI is InChI=1S/C15H19NO2/c1-3-16(12-15-5-4-10-18-15)11-13-6-8-14(17-2)9-7-13/h4-10H,3,11-12H2,1-2H3. The molecule has 2 rings (SSSR count). The van der Waals surface area contributed by atoms with E-state index in [0.717, 1.165) is 31.1 Å². The highest BCUT2D eigenvalue weighted by Crippen LogP contribution is 2.14. The summed E-state index contributed by atoms with van der Waals surface area (Å²) in [5, 5.41) is 0. The van der Waals surface area contributed by atoms with Crippen molar-refractivity contribution in [1.29, 1.82) is 0 Å². The van der Waals surface area contributed by atoms with E-state index >= 15 is 0 Å². The van der Waals surface area contributed by atoms with Crippen LogP contribution in [0.4, 0.5) is 0 Å². The van der Waals surface area contributed by atoms with Gasteiger partial charge in [0.05, 0.1) is 19.9 Å². The van der Waals surface area contributed by atoms with Crippen LogP contribution in [0.3, 0.4) is 0 Å². The first-order chi connectivity index (χ1) is 8.81. The molecule has 0 aliphatic carbocycles. The lowest BCUT2D eigenvalue weighted by atomic mass is 10.2. The molecule has 2 aromatic rings. The van der Waals surface area contributed by atoms with Crippen LogP contribution in [0.2, 0.25) is 0 Å². The molecule has 0 saturated carbocycles. The molecule has 18 heavy (non-hydrogen) atoms. The molecule has 3 heteroatoms. The van der Waals surface area contributed by atoms with Crippen molar-refractivity contribution in [3.63, 3.8) is 0 Å². The van der Waals surface area contributed by atoms with E-state index in [2.05, 4.69) is 24.0 Å². The lowest BCUT2D eigenvalue weighted by molar-refractivity contribution is 0.247. The molecule has 1 heterocycles. The maximum Gasteiger partial charge on any atom is 0.118 e. The Morgan fingerprint density at radius 2 is 1.89 bits per heavy atom. The van der Waals surface area contributed by atoms with E-state index in [-0.39, 0.29) is 0 Å². The molecule has 0 fully saturated rings. The van der Waals surface area contributed by atoms with Crippen LogP contribution in [0.25, 0.3) is 0 Å². The molecule has 0 amide bonds. The van der Waals surface area contributed by atoms with Crippen LogP contribution < -0.4 is 4.74 Å². The van der Waals surface area contributed by atoms with Crippen LogP contribution in [0.5, 0.6) is 5.75 Å². The molecular formula is C15H19NO2. The first-order valence-electron chi connectivity index (χ1n) is 6.19. The largest absolute Gasteiger partial charge is 0.497 e. The lowest BCUT2D eigenvalue weighted by Crippen LogP contribution is -2.21. The number of benzene rings is 1. The number of rotatable bonds is 6. The Balaban J connectivity index is 1.96. The molecule has 0 radical (unpaired) electrons. The Morgan fingerprint density at radius 1 is 1.11 bits per heavy atom. The van der Waals surface area contributed by atoms with Crippen molar-refractivity contribution in [3.05, 3.63) is 54.0 Å². The van der Waals surface area contributed by atoms with Crippen LogP contribution in [-0.4, -0.2) is 18.6 Å². The summed E-state index contributed by atoms with van der Waals surface area (Å²) in [6.45, 7) is 4.91. The quantitative estimate of drug-likeness (QED) is 0.780. The summed E-state index contributed by atoms with van der Waals surface area (Å²) in [7, 11) is 1.68. The molecule has 3 nitrogen and oxygen atoms in total. The molecule has 96 valence electrons. The Bertz CT molecular complexity index is 448. The van der Waals surface area contributed by atoms with E-state index in [1.165, 1.54) is 5.56 Å². The van der Waals surface area contributed by atoms with Gasteiger partial charge in [-0.15, -0.1) is 0 Å². The van der Waals surface area contributed by atoms with E-state index in [9.17, 15) is 0 Å². The third kappa shape index (κ3) is 3.37. The highest BCUT2D eigenvalue weighted by atomic mass is 16.5. The molecule has 0 bridgehead atoms. The number of nitrogens with zero attached hydrogens (tertiary/aromatic N) is 1. The molecule has 0 N–H and O–H groups in total. The second-order valence-electron chi connectivity index (χ2n) is 4.23. The van der Waals surface area contributed by atoms with Crippen LogP contribution >= 0.6 is 0 Å². The third-order valence-electron chi connectivity index (χ3n) is 2.97. The third-order valence-corrected chi connectivity index (χ3v) is 2.97. The van der Waals surface area contributed by atoms with Crippen molar-refractivity contribution >= 4 is 0 Å². The zero-order valence-corrected chi connectivity index (χ0v) is 10.9. The second-order valence-corrected chi connectivity index (χ2v) is 4.23. The Hall–Kier alpha value is -1.74. The number of furan rings is 1. The fourth-order valence-electron chi connectivity index (χ4n) is 1.89. The predicted octanol–water partition coefficient (Wildman–Crippen LogP) is 3.31. The molecule has 0 aliphatic heterocycles. The van der Waals surface area contributed by atoms with Gasteiger partial charge >= 0.3 is 0 Å². The molecule has 0 atom stereocenters. The maximum absolute atomic E-state index is 5.38. The molecule has 1 aromatic carbocycles. The minimum absolute atomic E-state index is 0.843. The van der Waals surface area contributed by atoms with E-state index in [0.29, 0.717) is 0 Å². The van der Waals surface area contributed by atoms with Crippen molar-refractivity contribution in [2.45, 2.75) is 20.0 Å². The van der Waals surface area contributed by atoms with Crippen LogP contribution in [0, 0.1) is 0 Å². The predicted molar refractivity (Wildman–Crippen MR) is 71.5 cm³/mol. The van der Waals surface area contributed by atoms with E-state index < -0.39 is 0 Å². The van der Waals surface area contributed by atoms with E-state index in [4.69, 9.17) is 9.15 Å². The minimum atomic E-state index is 0.843. The van der Waals surface area contributed by atoms with Crippen molar-refractivity contribution in [2.24, 2.45) is 0 Å². The summed E-state index contributed by atoms with van der Waals surface area (Å²) in [4.78, 5) is 2.33. The van der Waals surface area contributed by atoms with Gasteiger partial charge in [-0.2, -0.15) is 0 Å². The van der Waals surface area contributed by atoms with E-state index in [1.54, 1.807) is 13.4 Å². The maximum atomic E-state index is 5.38. The normalized spacial score (nSPS) is 10.8. The average Bonchev–Trinajstić information content (AvgIpc) is 2.91. The fraction of sp³-hybridized carbons (Fsp3) is 0.333. The van der Waals surface area contributed by atoms with Gasteiger partial charge < -0.3 is 9.15 Å². The van der Waals surface area contributed by atoms with Gasteiger partial charge in [-0.1, -0.05) is 19.1 Å². The Kier molecular flexibility index (Phi) is 4.42. The SMILES string of the molecule is CCN(Cc1ccc(OC)cc1)Cc1ccco1. The summed E-state index contributed by atoms with van der Waals surface area (Å²) in [6, 6.07) is 12.1. The molecular weight excluding hydrogens is 226 g/mol. The van der Waals surface area contributed by atoms with Gasteiger partial charge in [-0.25, -0.2) is 0 Å². The van der Waals surface area contributed by atoms with E-state index in [1.807, 2.05) is 24.3 Å². The number of methoxy groups -OCH3 is 1. The Labute approximate surface area is 108 Å².